The Bertz CT molecular complexity index is 539. The van der Waals surface area contributed by atoms with Crippen LogP contribution in [0, 0.1) is 5.82 Å². The van der Waals surface area contributed by atoms with Gasteiger partial charge in [0.2, 0.25) is 0 Å². The predicted octanol–water partition coefficient (Wildman–Crippen LogP) is 3.22. The van der Waals surface area contributed by atoms with Gasteiger partial charge in [0.15, 0.2) is 0 Å². The van der Waals surface area contributed by atoms with Crippen LogP contribution >= 0.6 is 11.6 Å². The molecular formula is C14H17ClFN3. The van der Waals surface area contributed by atoms with Crippen molar-refractivity contribution in [3.8, 4) is 0 Å². The summed E-state index contributed by atoms with van der Waals surface area (Å²) in [5.41, 5.74) is 0.610. The quantitative estimate of drug-likeness (QED) is 0.824. The van der Waals surface area contributed by atoms with Gasteiger partial charge in [0.25, 0.3) is 0 Å². The van der Waals surface area contributed by atoms with Gasteiger partial charge in [-0.3, -0.25) is 0 Å². The van der Waals surface area contributed by atoms with Crippen molar-refractivity contribution in [1.29, 1.82) is 0 Å². The van der Waals surface area contributed by atoms with E-state index >= 15 is 0 Å². The number of rotatable bonds is 6. The minimum absolute atomic E-state index is 0.284. The molecule has 102 valence electrons. The Balaban J connectivity index is 2.08. The first-order valence-corrected chi connectivity index (χ1v) is 6.73. The van der Waals surface area contributed by atoms with E-state index in [9.17, 15) is 4.39 Å². The van der Waals surface area contributed by atoms with Crippen molar-refractivity contribution in [3.05, 3.63) is 52.8 Å². The third-order valence-corrected chi connectivity index (χ3v) is 3.10. The van der Waals surface area contributed by atoms with E-state index in [1.807, 2.05) is 10.8 Å². The van der Waals surface area contributed by atoms with Gasteiger partial charge in [0.1, 0.15) is 11.6 Å². The molecule has 0 bridgehead atoms. The van der Waals surface area contributed by atoms with Crippen molar-refractivity contribution in [2.45, 2.75) is 26.4 Å². The molecule has 1 N–H and O–H groups in total. The molecule has 0 aliphatic heterocycles. The molecule has 1 aromatic carbocycles. The van der Waals surface area contributed by atoms with Crippen LogP contribution in [0.3, 0.4) is 0 Å². The second kappa shape index (κ2) is 6.68. The van der Waals surface area contributed by atoms with Gasteiger partial charge in [-0.1, -0.05) is 24.6 Å². The fourth-order valence-electron chi connectivity index (χ4n) is 1.86. The van der Waals surface area contributed by atoms with E-state index in [1.165, 1.54) is 6.07 Å². The molecule has 0 radical (unpaired) electrons. The Morgan fingerprint density at radius 1 is 1.42 bits per heavy atom. The van der Waals surface area contributed by atoms with Crippen LogP contribution in [0.4, 0.5) is 4.39 Å². The summed E-state index contributed by atoms with van der Waals surface area (Å²) < 4.78 is 15.7. The van der Waals surface area contributed by atoms with Crippen LogP contribution in [-0.2, 0) is 13.1 Å². The molecule has 0 atom stereocenters. The van der Waals surface area contributed by atoms with E-state index in [1.54, 1.807) is 18.3 Å². The monoisotopic (exact) mass is 281 g/mol. The Hall–Kier alpha value is -1.39. The minimum Gasteiger partial charge on any atom is -0.329 e. The molecule has 0 fully saturated rings. The highest BCUT2D eigenvalue weighted by atomic mass is 35.5. The van der Waals surface area contributed by atoms with Gasteiger partial charge >= 0.3 is 0 Å². The first-order valence-electron chi connectivity index (χ1n) is 6.35. The second-order valence-electron chi connectivity index (χ2n) is 4.38. The van der Waals surface area contributed by atoms with Gasteiger partial charge in [-0.25, -0.2) is 9.37 Å². The maximum Gasteiger partial charge on any atom is 0.129 e. The summed E-state index contributed by atoms with van der Waals surface area (Å²) in [5, 5.41) is 3.70. The lowest BCUT2D eigenvalue weighted by molar-refractivity contribution is 0.581. The summed E-state index contributed by atoms with van der Waals surface area (Å²) in [5.74, 6) is 0.622. The summed E-state index contributed by atoms with van der Waals surface area (Å²) in [4.78, 5) is 4.28. The molecule has 0 saturated heterocycles. The summed E-state index contributed by atoms with van der Waals surface area (Å²) in [6.45, 7) is 4.22. The Kier molecular flexibility index (Phi) is 4.93. The number of hydrogen-bond acceptors (Lipinski definition) is 2. The van der Waals surface area contributed by atoms with Crippen molar-refractivity contribution in [1.82, 2.24) is 14.9 Å². The highest BCUT2D eigenvalue weighted by Gasteiger charge is 2.07. The second-order valence-corrected chi connectivity index (χ2v) is 4.82. The average molecular weight is 282 g/mol. The molecule has 1 heterocycles. The number of halogens is 2. The van der Waals surface area contributed by atoms with E-state index in [4.69, 9.17) is 11.6 Å². The molecular weight excluding hydrogens is 265 g/mol. The fraction of sp³-hybridized carbons (Fsp3) is 0.357. The molecule has 0 amide bonds. The Morgan fingerprint density at radius 3 is 3.00 bits per heavy atom. The van der Waals surface area contributed by atoms with Crippen LogP contribution in [0.5, 0.6) is 0 Å². The number of benzene rings is 1. The number of aromatic nitrogens is 2. The first kappa shape index (κ1) is 14.0. The van der Waals surface area contributed by atoms with E-state index in [0.29, 0.717) is 23.7 Å². The standard InChI is InChI=1S/C14H17ClFN3/c1-2-5-17-9-14-18-6-7-19(14)10-11-3-4-12(15)8-13(11)16/h3-4,6-8,17H,2,5,9-10H2,1H3. The lowest BCUT2D eigenvalue weighted by atomic mass is 10.2. The zero-order valence-electron chi connectivity index (χ0n) is 10.9. The molecule has 0 aliphatic rings. The van der Waals surface area contributed by atoms with E-state index < -0.39 is 0 Å². The van der Waals surface area contributed by atoms with Crippen LogP contribution in [0.2, 0.25) is 5.02 Å². The molecule has 3 nitrogen and oxygen atoms in total. The maximum absolute atomic E-state index is 13.7. The lowest BCUT2D eigenvalue weighted by Crippen LogP contribution is -2.18. The molecule has 0 saturated carbocycles. The highest BCUT2D eigenvalue weighted by molar-refractivity contribution is 6.30. The normalized spacial score (nSPS) is 10.9. The largest absolute Gasteiger partial charge is 0.329 e. The van der Waals surface area contributed by atoms with Crippen LogP contribution < -0.4 is 5.32 Å². The molecule has 0 spiro atoms. The van der Waals surface area contributed by atoms with Gasteiger partial charge in [0.05, 0.1) is 13.1 Å². The molecule has 19 heavy (non-hydrogen) atoms. The first-order chi connectivity index (χ1) is 9.20. The molecule has 2 aromatic rings. The zero-order chi connectivity index (χ0) is 13.7. The summed E-state index contributed by atoms with van der Waals surface area (Å²) in [6, 6.07) is 4.75. The third-order valence-electron chi connectivity index (χ3n) is 2.87. The molecule has 2 rings (SSSR count). The minimum atomic E-state index is -0.284. The maximum atomic E-state index is 13.7. The van der Waals surface area contributed by atoms with Gasteiger partial charge < -0.3 is 9.88 Å². The van der Waals surface area contributed by atoms with Crippen LogP contribution in [0.1, 0.15) is 24.7 Å². The predicted molar refractivity (Wildman–Crippen MR) is 74.7 cm³/mol. The fourth-order valence-corrected chi connectivity index (χ4v) is 2.02. The van der Waals surface area contributed by atoms with E-state index in [2.05, 4.69) is 17.2 Å². The van der Waals surface area contributed by atoms with E-state index in [0.717, 1.165) is 18.8 Å². The van der Waals surface area contributed by atoms with Gasteiger partial charge in [-0.15, -0.1) is 0 Å². The van der Waals surface area contributed by atoms with Crippen molar-refractivity contribution in [2.75, 3.05) is 6.54 Å². The van der Waals surface area contributed by atoms with Gasteiger partial charge in [-0.2, -0.15) is 0 Å². The molecule has 1 aromatic heterocycles. The smallest absolute Gasteiger partial charge is 0.129 e. The number of nitrogens with one attached hydrogen (secondary N) is 1. The number of hydrogen-bond donors (Lipinski definition) is 1. The summed E-state index contributed by atoms with van der Waals surface area (Å²) in [6.07, 6.45) is 4.67. The summed E-state index contributed by atoms with van der Waals surface area (Å²) in [7, 11) is 0. The molecule has 0 unspecified atom stereocenters. The van der Waals surface area contributed by atoms with Crippen molar-refractivity contribution in [2.24, 2.45) is 0 Å². The van der Waals surface area contributed by atoms with Crippen molar-refractivity contribution < 1.29 is 4.39 Å². The number of imidazole rings is 1. The Labute approximate surface area is 117 Å². The lowest BCUT2D eigenvalue weighted by Gasteiger charge is -2.09. The van der Waals surface area contributed by atoms with Crippen LogP contribution in [0.25, 0.3) is 0 Å². The number of nitrogens with zero attached hydrogens (tertiary/aromatic N) is 2. The van der Waals surface area contributed by atoms with Crippen LogP contribution in [0.15, 0.2) is 30.6 Å². The molecule has 5 heteroatoms. The van der Waals surface area contributed by atoms with E-state index in [-0.39, 0.29) is 5.82 Å². The highest BCUT2D eigenvalue weighted by Crippen LogP contribution is 2.16. The summed E-state index contributed by atoms with van der Waals surface area (Å²) >= 11 is 5.75. The van der Waals surface area contributed by atoms with Crippen molar-refractivity contribution in [3.63, 3.8) is 0 Å². The zero-order valence-corrected chi connectivity index (χ0v) is 11.6. The molecule has 0 aliphatic carbocycles. The van der Waals surface area contributed by atoms with Crippen LogP contribution in [-0.4, -0.2) is 16.1 Å². The van der Waals surface area contributed by atoms with Crippen molar-refractivity contribution >= 4 is 11.6 Å². The topological polar surface area (TPSA) is 29.9 Å². The van der Waals surface area contributed by atoms with Gasteiger partial charge in [-0.05, 0) is 25.1 Å². The SMILES string of the molecule is CCCNCc1nccn1Cc1ccc(Cl)cc1F. The average Bonchev–Trinajstić information content (AvgIpc) is 2.81. The third kappa shape index (κ3) is 3.78. The Morgan fingerprint density at radius 2 is 2.26 bits per heavy atom. The van der Waals surface area contributed by atoms with Gasteiger partial charge in [0, 0.05) is 23.0 Å².